The van der Waals surface area contributed by atoms with E-state index in [0.29, 0.717) is 10.7 Å². The highest BCUT2D eigenvalue weighted by atomic mass is 35.5. The average Bonchev–Trinajstić information content (AvgIpc) is 3.72. The van der Waals surface area contributed by atoms with Crippen molar-refractivity contribution in [3.05, 3.63) is 86.4 Å². The molecule has 41 heavy (non-hydrogen) atoms. The summed E-state index contributed by atoms with van der Waals surface area (Å²) in [7, 11) is 1.26. The molecule has 1 N–H and O–H groups in total. The number of hydrogen-bond donors (Lipinski definition) is 1. The lowest BCUT2D eigenvalue weighted by Crippen LogP contribution is -2.43. The second-order valence-electron chi connectivity index (χ2n) is 10.2. The number of anilines is 3. The van der Waals surface area contributed by atoms with Crippen LogP contribution in [0.4, 0.5) is 17.1 Å². The summed E-state index contributed by atoms with van der Waals surface area (Å²) in [6.45, 7) is 5.54. The van der Waals surface area contributed by atoms with Crippen LogP contribution in [0.3, 0.4) is 0 Å². The van der Waals surface area contributed by atoms with Crippen LogP contribution < -0.4 is 15.1 Å². The van der Waals surface area contributed by atoms with Crippen LogP contribution >= 0.6 is 34.8 Å². The molecule has 5 rings (SSSR count). The van der Waals surface area contributed by atoms with Gasteiger partial charge in [0, 0.05) is 30.9 Å². The van der Waals surface area contributed by atoms with E-state index >= 15 is 0 Å². The Morgan fingerprint density at radius 1 is 1.00 bits per heavy atom. The number of halogens is 3. The van der Waals surface area contributed by atoms with Gasteiger partial charge in [-0.25, -0.2) is 4.79 Å². The first-order valence-corrected chi connectivity index (χ1v) is 14.6. The lowest BCUT2D eigenvalue weighted by atomic mass is 9.98. The Morgan fingerprint density at radius 3 is 2.20 bits per heavy atom. The molecule has 3 aromatic rings. The largest absolute Gasteiger partial charge is 0.467 e. The monoisotopic (exact) mass is 613 g/mol. The molecule has 214 valence electrons. The second-order valence-corrected chi connectivity index (χ2v) is 11.5. The smallest absolute Gasteiger partial charge is 0.328 e. The van der Waals surface area contributed by atoms with Crippen molar-refractivity contribution in [2.24, 2.45) is 0 Å². The Bertz CT molecular complexity index is 1490. The zero-order chi connectivity index (χ0) is 29.5. The van der Waals surface area contributed by atoms with Crippen molar-refractivity contribution in [3.63, 3.8) is 0 Å². The number of fused-ring (bicyclic) bond motifs is 2. The van der Waals surface area contributed by atoms with Crippen LogP contribution in [0.25, 0.3) is 0 Å². The number of ether oxygens (including phenoxy) is 1. The van der Waals surface area contributed by atoms with E-state index in [1.165, 1.54) is 7.11 Å². The highest BCUT2D eigenvalue weighted by molar-refractivity contribution is 6.40. The summed E-state index contributed by atoms with van der Waals surface area (Å²) in [5.74, 6) is -1.17. The SMILES string of the molecule is CCN(CC)c1cc(Cl)c(C(=O)N[C@@H](Cc2ccc(N3C(=O)C4(CC4)c4cccc(Cl)c43)cc2)C(=O)OC)c(Cl)c1. The Balaban J connectivity index is 1.36. The minimum absolute atomic E-state index is 0.0221. The number of nitrogens with one attached hydrogen (secondary N) is 1. The number of nitrogens with zero attached hydrogens (tertiary/aromatic N) is 2. The number of carbonyl (C=O) groups excluding carboxylic acids is 3. The van der Waals surface area contributed by atoms with E-state index in [2.05, 4.69) is 10.2 Å². The first-order chi connectivity index (χ1) is 19.6. The molecule has 10 heteroatoms. The summed E-state index contributed by atoms with van der Waals surface area (Å²) in [5.41, 5.74) is 3.54. The maximum absolute atomic E-state index is 13.4. The van der Waals surface area contributed by atoms with Gasteiger partial charge in [0.05, 0.1) is 38.8 Å². The molecule has 1 aliphatic carbocycles. The van der Waals surface area contributed by atoms with E-state index in [0.717, 1.165) is 48.4 Å². The molecule has 1 heterocycles. The Morgan fingerprint density at radius 2 is 1.63 bits per heavy atom. The molecular weight excluding hydrogens is 585 g/mol. The summed E-state index contributed by atoms with van der Waals surface area (Å²) in [5, 5.41) is 3.63. The summed E-state index contributed by atoms with van der Waals surface area (Å²) in [6.07, 6.45) is 1.77. The predicted molar refractivity (Wildman–Crippen MR) is 163 cm³/mol. The normalized spacial score (nSPS) is 15.5. The summed E-state index contributed by atoms with van der Waals surface area (Å²) >= 11 is 19.5. The van der Waals surface area contributed by atoms with Gasteiger partial charge in [0.1, 0.15) is 6.04 Å². The third-order valence-electron chi connectivity index (χ3n) is 7.90. The van der Waals surface area contributed by atoms with Gasteiger partial charge >= 0.3 is 5.97 Å². The molecule has 0 bridgehead atoms. The number of rotatable bonds is 9. The standard InChI is InChI=1S/C31H30Cl3N3O4/c1-4-36(5-2)20-16-23(33)26(24(34)17-20)28(38)35-25(29(39)41-3)15-18-9-11-19(12-10-18)37-27-21(7-6-8-22(27)32)31(13-14-31)30(37)40/h6-12,16-17,25H,4-5,13-15H2,1-3H3,(H,35,38)/t25-/m0/s1. The number of hydrogen-bond acceptors (Lipinski definition) is 5. The first kappa shape index (κ1) is 29.2. The summed E-state index contributed by atoms with van der Waals surface area (Å²) in [4.78, 5) is 43.1. The molecule has 1 fully saturated rings. The Kier molecular flexibility index (Phi) is 8.24. The van der Waals surface area contributed by atoms with Crippen LogP contribution in [0.5, 0.6) is 0 Å². The van der Waals surface area contributed by atoms with Gasteiger partial charge in [-0.05, 0) is 68.1 Å². The van der Waals surface area contributed by atoms with Crippen LogP contribution in [-0.2, 0) is 26.2 Å². The summed E-state index contributed by atoms with van der Waals surface area (Å²) in [6, 6.07) is 15.3. The zero-order valence-electron chi connectivity index (χ0n) is 23.0. The van der Waals surface area contributed by atoms with Gasteiger partial charge in [-0.1, -0.05) is 59.1 Å². The van der Waals surface area contributed by atoms with Crippen molar-refractivity contribution in [3.8, 4) is 0 Å². The molecule has 1 spiro atoms. The first-order valence-electron chi connectivity index (χ1n) is 13.5. The lowest BCUT2D eigenvalue weighted by molar-refractivity contribution is -0.142. The van der Waals surface area contributed by atoms with Gasteiger partial charge in [-0.2, -0.15) is 0 Å². The van der Waals surface area contributed by atoms with E-state index < -0.39 is 23.3 Å². The van der Waals surface area contributed by atoms with Gasteiger partial charge in [0.25, 0.3) is 5.91 Å². The fraction of sp³-hybridized carbons (Fsp3) is 0.323. The van der Waals surface area contributed by atoms with E-state index in [9.17, 15) is 14.4 Å². The maximum Gasteiger partial charge on any atom is 0.328 e. The number of para-hydroxylation sites is 1. The molecule has 0 aromatic heterocycles. The van der Waals surface area contributed by atoms with Gasteiger partial charge < -0.3 is 15.0 Å². The fourth-order valence-electron chi connectivity index (χ4n) is 5.54. The van der Waals surface area contributed by atoms with Crippen LogP contribution in [0.15, 0.2) is 54.6 Å². The highest BCUT2D eigenvalue weighted by Crippen LogP contribution is 2.60. The number of esters is 1. The Labute approximate surface area is 254 Å². The molecule has 0 saturated heterocycles. The number of carbonyl (C=O) groups is 3. The molecule has 2 amide bonds. The van der Waals surface area contributed by atoms with Gasteiger partial charge in [-0.15, -0.1) is 0 Å². The van der Waals surface area contributed by atoms with Crippen molar-refractivity contribution in [2.75, 3.05) is 30.0 Å². The number of methoxy groups -OCH3 is 1. The van der Waals surface area contributed by atoms with Crippen molar-refractivity contribution < 1.29 is 19.1 Å². The van der Waals surface area contributed by atoms with E-state index in [-0.39, 0.29) is 27.9 Å². The number of amides is 2. The average molecular weight is 615 g/mol. The molecule has 2 aliphatic rings. The molecular formula is C31H30Cl3N3O4. The molecule has 0 unspecified atom stereocenters. The minimum Gasteiger partial charge on any atom is -0.467 e. The van der Waals surface area contributed by atoms with Crippen LogP contribution in [-0.4, -0.2) is 44.0 Å². The predicted octanol–water partition coefficient (Wildman–Crippen LogP) is 6.72. The second kappa shape index (κ2) is 11.6. The zero-order valence-corrected chi connectivity index (χ0v) is 25.2. The highest BCUT2D eigenvalue weighted by Gasteiger charge is 2.60. The maximum atomic E-state index is 13.4. The van der Waals surface area contributed by atoms with Crippen LogP contribution in [0, 0.1) is 0 Å². The number of benzene rings is 3. The van der Waals surface area contributed by atoms with E-state index in [1.807, 2.05) is 50.2 Å². The van der Waals surface area contributed by atoms with Gasteiger partial charge in [-0.3, -0.25) is 14.5 Å². The van der Waals surface area contributed by atoms with Gasteiger partial charge in [0.2, 0.25) is 5.91 Å². The van der Waals surface area contributed by atoms with Crippen molar-refractivity contribution >= 4 is 69.6 Å². The molecule has 7 nitrogen and oxygen atoms in total. The third-order valence-corrected chi connectivity index (χ3v) is 8.80. The van der Waals surface area contributed by atoms with E-state index in [4.69, 9.17) is 39.5 Å². The van der Waals surface area contributed by atoms with Gasteiger partial charge in [0.15, 0.2) is 0 Å². The topological polar surface area (TPSA) is 79.0 Å². The molecule has 1 saturated carbocycles. The van der Waals surface area contributed by atoms with Crippen molar-refractivity contribution in [1.82, 2.24) is 5.32 Å². The lowest BCUT2D eigenvalue weighted by Gasteiger charge is -2.23. The van der Waals surface area contributed by atoms with Crippen molar-refractivity contribution in [2.45, 2.75) is 44.6 Å². The molecule has 0 radical (unpaired) electrons. The Hall–Kier alpha value is -3.26. The van der Waals surface area contributed by atoms with E-state index in [1.54, 1.807) is 23.1 Å². The van der Waals surface area contributed by atoms with Crippen LogP contribution in [0.2, 0.25) is 15.1 Å². The fourth-order valence-corrected chi connectivity index (χ4v) is 6.45. The molecule has 1 aliphatic heterocycles. The quantitative estimate of drug-likeness (QED) is 0.271. The third kappa shape index (κ3) is 5.27. The minimum atomic E-state index is -0.994. The van der Waals surface area contributed by atoms with Crippen LogP contribution in [0.1, 0.15) is 48.2 Å². The molecule has 3 aromatic carbocycles. The molecule has 1 atom stereocenters. The van der Waals surface area contributed by atoms with Crippen molar-refractivity contribution in [1.29, 1.82) is 0 Å². The summed E-state index contributed by atoms with van der Waals surface area (Å²) < 4.78 is 4.97.